The molecule has 0 N–H and O–H groups in total. The van der Waals surface area contributed by atoms with Crippen molar-refractivity contribution in [2.45, 2.75) is 13.1 Å². The number of aliphatic imine (C=N–C) groups is 1. The first-order chi connectivity index (χ1) is 11.2. The van der Waals surface area contributed by atoms with Gasteiger partial charge in [0, 0.05) is 11.1 Å². The van der Waals surface area contributed by atoms with Crippen molar-refractivity contribution < 1.29 is 4.48 Å². The minimum atomic E-state index is 0.595. The molecule has 2 aromatic rings. The third-order valence-electron chi connectivity index (χ3n) is 3.87. The van der Waals surface area contributed by atoms with E-state index in [1.54, 1.807) is 0 Å². The third kappa shape index (κ3) is 3.35. The van der Waals surface area contributed by atoms with Crippen molar-refractivity contribution in [3.05, 3.63) is 83.2 Å². The number of rotatable bonds is 4. The van der Waals surface area contributed by atoms with Crippen LogP contribution in [-0.2, 0) is 13.1 Å². The molecule has 1 aliphatic heterocycles. The van der Waals surface area contributed by atoms with Gasteiger partial charge in [0.25, 0.3) is 0 Å². The van der Waals surface area contributed by atoms with E-state index in [1.807, 2.05) is 61.1 Å². The third-order valence-corrected chi connectivity index (χ3v) is 3.87. The molecule has 0 fully saturated rings. The van der Waals surface area contributed by atoms with Crippen molar-refractivity contribution in [3.63, 3.8) is 0 Å². The van der Waals surface area contributed by atoms with E-state index >= 15 is 0 Å². The fourth-order valence-electron chi connectivity index (χ4n) is 2.67. The predicted octanol–water partition coefficient (Wildman–Crippen LogP) is 3.46. The first-order valence-corrected chi connectivity index (χ1v) is 7.30. The van der Waals surface area contributed by atoms with Gasteiger partial charge in [0.2, 0.25) is 0 Å². The van der Waals surface area contributed by atoms with Gasteiger partial charge in [-0.1, -0.05) is 24.3 Å². The number of hydrogen-bond acceptors (Lipinski definition) is 3. The number of quaternary nitrogens is 1. The molecule has 110 valence electrons. The van der Waals surface area contributed by atoms with E-state index in [0.717, 1.165) is 24.2 Å². The van der Waals surface area contributed by atoms with E-state index in [4.69, 9.17) is 10.5 Å². The standard InChI is InChI=1S/C19H15N4/c20-11-16-1-5-18(6-2-16)13-23(10-9-22-15-23)14-19-7-3-17(12-21)4-8-19/h1-10,15H,13-14H2/q+1. The van der Waals surface area contributed by atoms with Crippen LogP contribution in [0.1, 0.15) is 22.3 Å². The fraction of sp³-hybridized carbons (Fsp3) is 0.105. The topological polar surface area (TPSA) is 59.9 Å². The molecule has 0 unspecified atom stereocenters. The molecular weight excluding hydrogens is 284 g/mol. The molecule has 0 saturated carbocycles. The Bertz CT molecular complexity index is 757. The Labute approximate surface area is 135 Å². The Hall–Kier alpha value is -3.21. The maximum atomic E-state index is 8.89. The van der Waals surface area contributed by atoms with Gasteiger partial charge in [0.1, 0.15) is 19.3 Å². The van der Waals surface area contributed by atoms with E-state index < -0.39 is 0 Å². The second kappa shape index (κ2) is 6.27. The van der Waals surface area contributed by atoms with Gasteiger partial charge in [0.05, 0.1) is 29.5 Å². The van der Waals surface area contributed by atoms with Crippen molar-refractivity contribution in [1.82, 2.24) is 0 Å². The zero-order chi connectivity index (χ0) is 16.1. The van der Waals surface area contributed by atoms with Crippen molar-refractivity contribution in [3.8, 4) is 12.1 Å². The number of benzene rings is 2. The molecule has 4 heteroatoms. The summed E-state index contributed by atoms with van der Waals surface area (Å²) in [4.78, 5) is 4.26. The van der Waals surface area contributed by atoms with Gasteiger partial charge in [-0.2, -0.15) is 10.5 Å². The predicted molar refractivity (Wildman–Crippen MR) is 87.6 cm³/mol. The average Bonchev–Trinajstić information content (AvgIpc) is 3.04. The molecule has 0 atom stereocenters. The summed E-state index contributed by atoms with van der Waals surface area (Å²) in [7, 11) is 0. The Balaban J connectivity index is 1.82. The van der Waals surface area contributed by atoms with Gasteiger partial charge in [-0.25, -0.2) is 9.48 Å². The normalized spacial score (nSPS) is 14.3. The molecule has 0 aromatic heterocycles. The van der Waals surface area contributed by atoms with Crippen LogP contribution in [0.15, 0.2) is 65.9 Å². The summed E-state index contributed by atoms with van der Waals surface area (Å²) in [5.41, 5.74) is 3.63. The van der Waals surface area contributed by atoms with Gasteiger partial charge < -0.3 is 0 Å². The number of hydrogen-bond donors (Lipinski definition) is 0. The smallest absolute Gasteiger partial charge is 0.195 e. The lowest BCUT2D eigenvalue weighted by molar-refractivity contribution is -0.808. The van der Waals surface area contributed by atoms with E-state index in [2.05, 4.69) is 23.3 Å². The number of nitriles is 2. The van der Waals surface area contributed by atoms with Crippen LogP contribution < -0.4 is 0 Å². The summed E-state index contributed by atoms with van der Waals surface area (Å²) in [5.74, 6) is 0. The average molecular weight is 299 g/mol. The summed E-state index contributed by atoms with van der Waals surface area (Å²) in [5, 5.41) is 17.8. The van der Waals surface area contributed by atoms with E-state index in [-0.39, 0.29) is 0 Å². The molecule has 4 nitrogen and oxygen atoms in total. The van der Waals surface area contributed by atoms with Crippen molar-refractivity contribution >= 4 is 6.34 Å². The maximum absolute atomic E-state index is 8.89. The zero-order valence-corrected chi connectivity index (χ0v) is 12.6. The molecular formula is C19H15N4+. The lowest BCUT2D eigenvalue weighted by atomic mass is 10.1. The summed E-state index contributed by atoms with van der Waals surface area (Å²) < 4.78 is 0.595. The van der Waals surface area contributed by atoms with Crippen LogP contribution >= 0.6 is 0 Å². The Kier molecular flexibility index (Phi) is 4.01. The molecule has 3 rings (SSSR count). The van der Waals surface area contributed by atoms with Crippen molar-refractivity contribution in [2.75, 3.05) is 0 Å². The first-order valence-electron chi connectivity index (χ1n) is 7.30. The molecule has 0 amide bonds. The largest absolute Gasteiger partial charge is 0.246 e. The molecule has 0 radical (unpaired) electrons. The van der Waals surface area contributed by atoms with Crippen LogP contribution in [0.4, 0.5) is 0 Å². The molecule has 0 bridgehead atoms. The molecule has 1 heterocycles. The highest BCUT2D eigenvalue weighted by atomic mass is 15.4. The first kappa shape index (κ1) is 14.7. The molecule has 0 spiro atoms. The lowest BCUT2D eigenvalue weighted by Gasteiger charge is -2.27. The van der Waals surface area contributed by atoms with E-state index in [0.29, 0.717) is 15.6 Å². The molecule has 23 heavy (non-hydrogen) atoms. The Morgan fingerprint density at radius 3 is 1.61 bits per heavy atom. The van der Waals surface area contributed by atoms with Gasteiger partial charge >= 0.3 is 0 Å². The van der Waals surface area contributed by atoms with Gasteiger partial charge in [-0.05, 0) is 24.3 Å². The second-order valence-corrected chi connectivity index (χ2v) is 5.60. The van der Waals surface area contributed by atoms with Crippen LogP contribution in [0, 0.1) is 22.7 Å². The summed E-state index contributed by atoms with van der Waals surface area (Å²) in [6.45, 7) is 1.54. The molecule has 1 aliphatic rings. The highest BCUT2D eigenvalue weighted by molar-refractivity contribution is 5.51. The quantitative estimate of drug-likeness (QED) is 0.812. The molecule has 0 aliphatic carbocycles. The molecule has 2 aromatic carbocycles. The van der Waals surface area contributed by atoms with Gasteiger partial charge in [-0.3, -0.25) is 0 Å². The monoisotopic (exact) mass is 299 g/mol. The van der Waals surface area contributed by atoms with Crippen LogP contribution in [0.2, 0.25) is 0 Å². The fourth-order valence-corrected chi connectivity index (χ4v) is 2.67. The highest BCUT2D eigenvalue weighted by Gasteiger charge is 2.27. The van der Waals surface area contributed by atoms with Crippen LogP contribution in [-0.4, -0.2) is 10.8 Å². The van der Waals surface area contributed by atoms with Crippen LogP contribution in [0.5, 0.6) is 0 Å². The zero-order valence-electron chi connectivity index (χ0n) is 12.6. The lowest BCUT2D eigenvalue weighted by Crippen LogP contribution is -2.38. The van der Waals surface area contributed by atoms with Crippen LogP contribution in [0.3, 0.4) is 0 Å². The minimum absolute atomic E-state index is 0.595. The van der Waals surface area contributed by atoms with Gasteiger partial charge in [0.15, 0.2) is 6.34 Å². The minimum Gasteiger partial charge on any atom is -0.246 e. The summed E-state index contributed by atoms with van der Waals surface area (Å²) in [6.07, 6.45) is 5.81. The summed E-state index contributed by atoms with van der Waals surface area (Å²) in [6, 6.07) is 19.6. The van der Waals surface area contributed by atoms with E-state index in [1.165, 1.54) is 0 Å². The van der Waals surface area contributed by atoms with Crippen LogP contribution in [0.25, 0.3) is 0 Å². The molecule has 0 saturated heterocycles. The maximum Gasteiger partial charge on any atom is 0.195 e. The van der Waals surface area contributed by atoms with E-state index in [9.17, 15) is 0 Å². The Morgan fingerprint density at radius 2 is 1.26 bits per heavy atom. The Morgan fingerprint density at radius 1 is 0.783 bits per heavy atom. The van der Waals surface area contributed by atoms with Crippen molar-refractivity contribution in [1.29, 1.82) is 10.5 Å². The highest BCUT2D eigenvalue weighted by Crippen LogP contribution is 2.22. The number of nitrogens with zero attached hydrogens (tertiary/aromatic N) is 4. The SMILES string of the molecule is N#Cc1ccc(C[N+]2(Cc3ccc(C#N)cc3)C=CN=C2)cc1. The second-order valence-electron chi connectivity index (χ2n) is 5.60. The van der Waals surface area contributed by atoms with Crippen molar-refractivity contribution in [2.24, 2.45) is 4.99 Å². The van der Waals surface area contributed by atoms with Gasteiger partial charge in [-0.15, -0.1) is 0 Å². The summed E-state index contributed by atoms with van der Waals surface area (Å²) >= 11 is 0.